The van der Waals surface area contributed by atoms with Crippen LogP contribution in [0.25, 0.3) is 0 Å². The van der Waals surface area contributed by atoms with E-state index in [0.29, 0.717) is 5.54 Å². The van der Waals surface area contributed by atoms with Crippen LogP contribution in [0.1, 0.15) is 58.8 Å². The van der Waals surface area contributed by atoms with Gasteiger partial charge in [-0.1, -0.05) is 33.1 Å². The molecular weight excluding hydrogens is 246 g/mol. The molecule has 3 heteroatoms. The lowest BCUT2D eigenvalue weighted by molar-refractivity contribution is 0.0186. The second kappa shape index (κ2) is 7.77. The fraction of sp³-hybridized carbons (Fsp3) is 1.00. The molecule has 0 aromatic heterocycles. The Labute approximate surface area is 125 Å². The molecule has 0 atom stereocenters. The molecule has 0 radical (unpaired) electrons. The number of rotatable bonds is 4. The summed E-state index contributed by atoms with van der Waals surface area (Å²) in [5, 5.41) is 0. The van der Waals surface area contributed by atoms with E-state index in [1.807, 2.05) is 0 Å². The Morgan fingerprint density at radius 3 is 1.95 bits per heavy atom. The van der Waals surface area contributed by atoms with Crippen molar-refractivity contribution in [2.75, 3.05) is 39.3 Å². The molecule has 2 saturated heterocycles. The van der Waals surface area contributed by atoms with Crippen molar-refractivity contribution >= 4 is 0 Å². The third-order valence-corrected chi connectivity index (χ3v) is 5.32. The zero-order valence-corrected chi connectivity index (χ0v) is 13.7. The van der Waals surface area contributed by atoms with Crippen molar-refractivity contribution in [1.29, 1.82) is 0 Å². The molecule has 2 aliphatic heterocycles. The van der Waals surface area contributed by atoms with Crippen molar-refractivity contribution in [1.82, 2.24) is 9.80 Å². The molecule has 2 rings (SSSR count). The van der Waals surface area contributed by atoms with Gasteiger partial charge in [0, 0.05) is 18.6 Å². The van der Waals surface area contributed by atoms with Crippen LogP contribution in [0.15, 0.2) is 0 Å². The summed E-state index contributed by atoms with van der Waals surface area (Å²) < 4.78 is 0. The van der Waals surface area contributed by atoms with Crippen LogP contribution in [0.5, 0.6) is 0 Å². The molecule has 118 valence electrons. The molecule has 0 aromatic rings. The molecule has 2 heterocycles. The standard InChI is InChI=1S/C17H35N3/c1-16(2)14-19-12-8-17(15-18,9-13-19)20-10-6-4-3-5-7-11-20/h16H,3-15,18H2,1-2H3. The van der Waals surface area contributed by atoms with Crippen LogP contribution in [-0.2, 0) is 0 Å². The second-order valence-corrected chi connectivity index (χ2v) is 7.38. The topological polar surface area (TPSA) is 32.5 Å². The van der Waals surface area contributed by atoms with Gasteiger partial charge in [0.05, 0.1) is 0 Å². The fourth-order valence-corrected chi connectivity index (χ4v) is 4.04. The highest BCUT2D eigenvalue weighted by atomic mass is 15.2. The summed E-state index contributed by atoms with van der Waals surface area (Å²) in [6.07, 6.45) is 9.56. The minimum Gasteiger partial charge on any atom is -0.329 e. The van der Waals surface area contributed by atoms with E-state index in [1.165, 1.54) is 77.7 Å². The van der Waals surface area contributed by atoms with Crippen LogP contribution >= 0.6 is 0 Å². The smallest absolute Gasteiger partial charge is 0.0356 e. The van der Waals surface area contributed by atoms with Crippen molar-refractivity contribution in [2.24, 2.45) is 11.7 Å². The Morgan fingerprint density at radius 2 is 1.45 bits per heavy atom. The van der Waals surface area contributed by atoms with E-state index in [4.69, 9.17) is 5.73 Å². The largest absolute Gasteiger partial charge is 0.329 e. The normalized spacial score (nSPS) is 26.4. The highest BCUT2D eigenvalue weighted by molar-refractivity contribution is 4.96. The Balaban J connectivity index is 1.92. The van der Waals surface area contributed by atoms with Crippen molar-refractivity contribution in [3.8, 4) is 0 Å². The van der Waals surface area contributed by atoms with Crippen molar-refractivity contribution in [2.45, 2.75) is 64.3 Å². The van der Waals surface area contributed by atoms with E-state index in [0.717, 1.165) is 12.5 Å². The average Bonchev–Trinajstić information content (AvgIpc) is 2.39. The number of piperidine rings is 1. The van der Waals surface area contributed by atoms with Crippen molar-refractivity contribution in [3.63, 3.8) is 0 Å². The summed E-state index contributed by atoms with van der Waals surface area (Å²) in [6.45, 7) is 11.8. The predicted molar refractivity (Wildman–Crippen MR) is 87.0 cm³/mol. The van der Waals surface area contributed by atoms with E-state index in [1.54, 1.807) is 0 Å². The monoisotopic (exact) mass is 281 g/mol. The van der Waals surface area contributed by atoms with Gasteiger partial charge in [0.1, 0.15) is 0 Å². The minimum absolute atomic E-state index is 0.310. The molecule has 0 aromatic carbocycles. The lowest BCUT2D eigenvalue weighted by Crippen LogP contribution is -2.60. The molecule has 0 aliphatic carbocycles. The molecular formula is C17H35N3. The van der Waals surface area contributed by atoms with Gasteiger partial charge in [-0.3, -0.25) is 4.90 Å². The van der Waals surface area contributed by atoms with Gasteiger partial charge < -0.3 is 10.6 Å². The third-order valence-electron chi connectivity index (χ3n) is 5.32. The first-order valence-electron chi connectivity index (χ1n) is 8.84. The summed E-state index contributed by atoms with van der Waals surface area (Å²) in [4.78, 5) is 5.40. The highest BCUT2D eigenvalue weighted by Crippen LogP contribution is 2.30. The zero-order chi connectivity index (χ0) is 14.4. The first-order valence-corrected chi connectivity index (χ1v) is 8.84. The van der Waals surface area contributed by atoms with Gasteiger partial charge in [-0.25, -0.2) is 0 Å². The summed E-state index contributed by atoms with van der Waals surface area (Å²) in [6, 6.07) is 0. The maximum atomic E-state index is 6.25. The fourth-order valence-electron chi connectivity index (χ4n) is 4.04. The van der Waals surface area contributed by atoms with Crippen LogP contribution in [0, 0.1) is 5.92 Å². The van der Waals surface area contributed by atoms with Gasteiger partial charge in [-0.15, -0.1) is 0 Å². The third kappa shape index (κ3) is 4.19. The van der Waals surface area contributed by atoms with Gasteiger partial charge in [0.15, 0.2) is 0 Å². The zero-order valence-electron chi connectivity index (χ0n) is 13.7. The molecule has 3 nitrogen and oxygen atoms in total. The molecule has 0 unspecified atom stereocenters. The maximum Gasteiger partial charge on any atom is 0.0356 e. The first kappa shape index (κ1) is 16.3. The highest BCUT2D eigenvalue weighted by Gasteiger charge is 2.38. The van der Waals surface area contributed by atoms with Gasteiger partial charge in [-0.05, 0) is 57.8 Å². The molecule has 0 bridgehead atoms. The summed E-state index contributed by atoms with van der Waals surface area (Å²) in [7, 11) is 0. The van der Waals surface area contributed by atoms with Crippen LogP contribution < -0.4 is 5.73 Å². The van der Waals surface area contributed by atoms with Gasteiger partial charge in [0.2, 0.25) is 0 Å². The van der Waals surface area contributed by atoms with Crippen molar-refractivity contribution in [3.05, 3.63) is 0 Å². The van der Waals surface area contributed by atoms with Crippen LogP contribution in [0.3, 0.4) is 0 Å². The Morgan fingerprint density at radius 1 is 0.900 bits per heavy atom. The molecule has 2 aliphatic rings. The average molecular weight is 281 g/mol. The lowest BCUT2D eigenvalue weighted by atomic mass is 9.84. The van der Waals surface area contributed by atoms with Crippen LogP contribution in [0.4, 0.5) is 0 Å². The number of hydrogen-bond acceptors (Lipinski definition) is 3. The number of likely N-dealkylation sites (tertiary alicyclic amines) is 2. The van der Waals surface area contributed by atoms with Gasteiger partial charge >= 0.3 is 0 Å². The van der Waals surface area contributed by atoms with Crippen LogP contribution in [-0.4, -0.2) is 54.6 Å². The molecule has 20 heavy (non-hydrogen) atoms. The Bertz CT molecular complexity index is 261. The van der Waals surface area contributed by atoms with E-state index in [-0.39, 0.29) is 0 Å². The molecule has 0 saturated carbocycles. The van der Waals surface area contributed by atoms with E-state index in [9.17, 15) is 0 Å². The predicted octanol–water partition coefficient (Wildman–Crippen LogP) is 2.70. The molecule has 0 amide bonds. The Hall–Kier alpha value is -0.120. The summed E-state index contributed by atoms with van der Waals surface area (Å²) in [5.74, 6) is 0.780. The SMILES string of the molecule is CC(C)CN1CCC(CN)(N2CCCCCCC2)CC1. The molecule has 2 fully saturated rings. The lowest BCUT2D eigenvalue weighted by Gasteiger charge is -2.49. The summed E-state index contributed by atoms with van der Waals surface area (Å²) in [5.41, 5.74) is 6.56. The number of hydrogen-bond donors (Lipinski definition) is 1. The van der Waals surface area contributed by atoms with Gasteiger partial charge in [0.25, 0.3) is 0 Å². The van der Waals surface area contributed by atoms with Crippen molar-refractivity contribution < 1.29 is 0 Å². The van der Waals surface area contributed by atoms with E-state index >= 15 is 0 Å². The van der Waals surface area contributed by atoms with E-state index in [2.05, 4.69) is 23.6 Å². The minimum atomic E-state index is 0.310. The molecule has 0 spiro atoms. The van der Waals surface area contributed by atoms with Crippen LogP contribution in [0.2, 0.25) is 0 Å². The number of nitrogens with two attached hydrogens (primary N) is 1. The Kier molecular flexibility index (Phi) is 6.31. The summed E-state index contributed by atoms with van der Waals surface area (Å²) >= 11 is 0. The van der Waals surface area contributed by atoms with Gasteiger partial charge in [-0.2, -0.15) is 0 Å². The molecule has 2 N–H and O–H groups in total. The van der Waals surface area contributed by atoms with E-state index < -0.39 is 0 Å². The quantitative estimate of drug-likeness (QED) is 0.860. The maximum absolute atomic E-state index is 6.25. The second-order valence-electron chi connectivity index (χ2n) is 7.38. The number of nitrogens with zero attached hydrogens (tertiary/aromatic N) is 2. The first-order chi connectivity index (χ1) is 9.66.